The van der Waals surface area contributed by atoms with Gasteiger partial charge in [-0.05, 0) is 74.0 Å². The van der Waals surface area contributed by atoms with Crippen molar-refractivity contribution in [1.82, 2.24) is 25.0 Å². The van der Waals surface area contributed by atoms with Crippen LogP contribution in [0, 0.1) is 10.6 Å². The number of benzene rings is 1. The SMILES string of the molecule is Cc1cc(Nc2nccn3c(I)cnc23)ccc1C(=O)NCCNC(=O)OC(C)(C)C. The van der Waals surface area contributed by atoms with Crippen LogP contribution < -0.4 is 16.0 Å². The van der Waals surface area contributed by atoms with Crippen LogP contribution >= 0.6 is 22.6 Å². The third-order valence-corrected chi connectivity index (χ3v) is 4.99. The lowest BCUT2D eigenvalue weighted by atomic mass is 10.1. The zero-order chi connectivity index (χ0) is 22.6. The van der Waals surface area contributed by atoms with E-state index in [-0.39, 0.29) is 12.5 Å². The van der Waals surface area contributed by atoms with E-state index in [0.717, 1.165) is 20.6 Å². The molecule has 164 valence electrons. The number of nitrogens with zero attached hydrogens (tertiary/aromatic N) is 3. The summed E-state index contributed by atoms with van der Waals surface area (Å²) >= 11 is 2.21. The van der Waals surface area contributed by atoms with Gasteiger partial charge in [0.05, 0.1) is 6.20 Å². The van der Waals surface area contributed by atoms with Crippen LogP contribution in [-0.2, 0) is 4.74 Å². The van der Waals surface area contributed by atoms with Crippen molar-refractivity contribution in [2.75, 3.05) is 18.4 Å². The predicted octanol–water partition coefficient (Wildman–Crippen LogP) is 3.64. The van der Waals surface area contributed by atoms with Gasteiger partial charge >= 0.3 is 6.09 Å². The normalized spacial score (nSPS) is 11.3. The lowest BCUT2D eigenvalue weighted by Crippen LogP contribution is -2.38. The minimum Gasteiger partial charge on any atom is -0.444 e. The fourth-order valence-electron chi connectivity index (χ4n) is 2.86. The number of fused-ring (bicyclic) bond motifs is 1. The summed E-state index contributed by atoms with van der Waals surface area (Å²) in [5.41, 5.74) is 2.34. The first-order valence-electron chi connectivity index (χ1n) is 9.74. The van der Waals surface area contributed by atoms with Gasteiger partial charge in [0.15, 0.2) is 11.5 Å². The number of imidazole rings is 1. The molecule has 2 amide bonds. The van der Waals surface area contributed by atoms with E-state index >= 15 is 0 Å². The average Bonchev–Trinajstić information content (AvgIpc) is 3.06. The maximum absolute atomic E-state index is 12.5. The largest absolute Gasteiger partial charge is 0.444 e. The van der Waals surface area contributed by atoms with Gasteiger partial charge < -0.3 is 20.7 Å². The van der Waals surface area contributed by atoms with Crippen LogP contribution in [0.5, 0.6) is 0 Å². The smallest absolute Gasteiger partial charge is 0.407 e. The molecule has 2 aromatic heterocycles. The fourth-order valence-corrected chi connectivity index (χ4v) is 3.39. The van der Waals surface area contributed by atoms with Crippen LogP contribution in [0.4, 0.5) is 16.3 Å². The van der Waals surface area contributed by atoms with Gasteiger partial charge in [-0.2, -0.15) is 0 Å². The summed E-state index contributed by atoms with van der Waals surface area (Å²) in [4.78, 5) is 32.9. The Kier molecular flexibility index (Phi) is 6.98. The molecule has 0 aliphatic rings. The second kappa shape index (κ2) is 9.50. The molecule has 3 aromatic rings. The predicted molar refractivity (Wildman–Crippen MR) is 127 cm³/mol. The highest BCUT2D eigenvalue weighted by atomic mass is 127. The van der Waals surface area contributed by atoms with Gasteiger partial charge in [0.2, 0.25) is 0 Å². The van der Waals surface area contributed by atoms with Crippen LogP contribution in [0.1, 0.15) is 36.7 Å². The average molecular weight is 536 g/mol. The number of anilines is 2. The highest BCUT2D eigenvalue weighted by molar-refractivity contribution is 14.1. The monoisotopic (exact) mass is 536 g/mol. The molecule has 0 atom stereocenters. The molecule has 0 spiro atoms. The first-order valence-corrected chi connectivity index (χ1v) is 10.8. The van der Waals surface area contributed by atoms with Gasteiger partial charge in [0, 0.05) is 36.7 Å². The van der Waals surface area contributed by atoms with Crippen molar-refractivity contribution in [3.05, 3.63) is 51.6 Å². The highest BCUT2D eigenvalue weighted by Crippen LogP contribution is 2.22. The van der Waals surface area contributed by atoms with E-state index in [1.54, 1.807) is 39.2 Å². The molecule has 1 aromatic carbocycles. The van der Waals surface area contributed by atoms with E-state index in [4.69, 9.17) is 4.74 Å². The Morgan fingerprint density at radius 2 is 1.90 bits per heavy atom. The van der Waals surface area contributed by atoms with E-state index in [2.05, 4.69) is 48.5 Å². The van der Waals surface area contributed by atoms with Crippen molar-refractivity contribution < 1.29 is 14.3 Å². The molecule has 0 fully saturated rings. The Hall–Kier alpha value is -2.89. The summed E-state index contributed by atoms with van der Waals surface area (Å²) in [7, 11) is 0. The Morgan fingerprint density at radius 3 is 2.61 bits per heavy atom. The van der Waals surface area contributed by atoms with Crippen molar-refractivity contribution in [1.29, 1.82) is 0 Å². The Labute approximate surface area is 194 Å². The van der Waals surface area contributed by atoms with Crippen molar-refractivity contribution in [2.45, 2.75) is 33.3 Å². The maximum Gasteiger partial charge on any atom is 0.407 e. The van der Waals surface area contributed by atoms with E-state index in [9.17, 15) is 9.59 Å². The number of rotatable bonds is 6. The summed E-state index contributed by atoms with van der Waals surface area (Å²) < 4.78 is 8.09. The molecule has 0 aliphatic carbocycles. The number of aryl methyl sites for hydroxylation is 1. The van der Waals surface area contributed by atoms with Crippen LogP contribution in [0.3, 0.4) is 0 Å². The lowest BCUT2D eigenvalue weighted by molar-refractivity contribution is 0.0526. The zero-order valence-electron chi connectivity index (χ0n) is 17.8. The van der Waals surface area contributed by atoms with Gasteiger partial charge in [-0.3, -0.25) is 9.20 Å². The van der Waals surface area contributed by atoms with Crippen LogP contribution in [0.15, 0.2) is 36.8 Å². The van der Waals surface area contributed by atoms with E-state index in [0.29, 0.717) is 17.9 Å². The minimum atomic E-state index is -0.558. The molecule has 31 heavy (non-hydrogen) atoms. The topological polar surface area (TPSA) is 110 Å². The molecule has 0 bridgehead atoms. The Balaban J connectivity index is 1.57. The summed E-state index contributed by atoms with van der Waals surface area (Å²) in [6.45, 7) is 7.82. The highest BCUT2D eigenvalue weighted by Gasteiger charge is 2.16. The summed E-state index contributed by atoms with van der Waals surface area (Å²) in [6, 6.07) is 5.46. The van der Waals surface area contributed by atoms with Crippen molar-refractivity contribution in [3.8, 4) is 0 Å². The molecule has 0 saturated heterocycles. The number of nitrogens with one attached hydrogen (secondary N) is 3. The first-order chi connectivity index (χ1) is 14.6. The first kappa shape index (κ1) is 22.8. The standard InChI is InChI=1S/C21H25IN6O3/c1-13-11-14(27-17-18-26-12-16(22)28(18)10-9-23-17)5-6-15(13)19(29)24-7-8-25-20(30)31-21(2,3)4/h5-6,9-12H,7-8H2,1-4H3,(H,23,27)(H,24,29)(H,25,30). The molecule has 0 aliphatic heterocycles. The summed E-state index contributed by atoms with van der Waals surface area (Å²) in [6.07, 6.45) is 4.83. The molecule has 3 N–H and O–H groups in total. The maximum atomic E-state index is 12.5. The van der Waals surface area contributed by atoms with Gasteiger partial charge in [-0.25, -0.2) is 14.8 Å². The number of carbonyl (C=O) groups is 2. The molecular formula is C21H25IN6O3. The second-order valence-corrected chi connectivity index (χ2v) is 8.99. The number of aromatic nitrogens is 3. The molecule has 0 saturated carbocycles. The molecular weight excluding hydrogens is 511 g/mol. The van der Waals surface area contributed by atoms with E-state index < -0.39 is 11.7 Å². The molecule has 0 radical (unpaired) electrons. The molecule has 2 heterocycles. The summed E-state index contributed by atoms with van der Waals surface area (Å²) in [5, 5.41) is 8.67. The number of amides is 2. The van der Waals surface area contributed by atoms with Crippen LogP contribution in [-0.4, -0.2) is 45.1 Å². The Bertz CT molecular complexity index is 1110. The quantitative estimate of drug-likeness (QED) is 0.328. The number of ether oxygens (including phenoxy) is 1. The van der Waals surface area contributed by atoms with Crippen LogP contribution in [0.2, 0.25) is 0 Å². The minimum absolute atomic E-state index is 0.210. The third-order valence-electron chi connectivity index (χ3n) is 4.20. The van der Waals surface area contributed by atoms with Gasteiger partial charge in [0.1, 0.15) is 9.30 Å². The zero-order valence-corrected chi connectivity index (χ0v) is 20.0. The molecule has 9 nitrogen and oxygen atoms in total. The number of hydrogen-bond acceptors (Lipinski definition) is 6. The van der Waals surface area contributed by atoms with Crippen LogP contribution in [0.25, 0.3) is 5.65 Å². The van der Waals surface area contributed by atoms with Crippen molar-refractivity contribution in [2.24, 2.45) is 0 Å². The molecule has 0 unspecified atom stereocenters. The van der Waals surface area contributed by atoms with E-state index in [1.165, 1.54) is 0 Å². The number of hydrogen-bond donors (Lipinski definition) is 3. The van der Waals surface area contributed by atoms with Gasteiger partial charge in [-0.1, -0.05) is 0 Å². The second-order valence-electron chi connectivity index (χ2n) is 7.89. The fraction of sp³-hybridized carbons (Fsp3) is 0.333. The van der Waals surface area contributed by atoms with Gasteiger partial charge in [-0.15, -0.1) is 0 Å². The third kappa shape index (κ3) is 6.06. The molecule has 10 heteroatoms. The lowest BCUT2D eigenvalue weighted by Gasteiger charge is -2.19. The van der Waals surface area contributed by atoms with E-state index in [1.807, 2.05) is 29.7 Å². The number of alkyl carbamates (subject to hydrolysis) is 1. The molecule has 3 rings (SSSR count). The number of carbonyl (C=O) groups excluding carboxylic acids is 2. The number of halogens is 1. The van der Waals surface area contributed by atoms with Crippen molar-refractivity contribution >= 4 is 51.7 Å². The van der Waals surface area contributed by atoms with Crippen molar-refractivity contribution in [3.63, 3.8) is 0 Å². The van der Waals surface area contributed by atoms with Gasteiger partial charge in [0.25, 0.3) is 5.91 Å². The Morgan fingerprint density at radius 1 is 1.16 bits per heavy atom. The summed E-state index contributed by atoms with van der Waals surface area (Å²) in [5.74, 6) is 0.424.